The molecule has 3 atom stereocenters. The summed E-state index contributed by atoms with van der Waals surface area (Å²) in [6.45, 7) is 14.8. The van der Waals surface area contributed by atoms with E-state index in [4.69, 9.17) is 14.3 Å². The first kappa shape index (κ1) is 69.2. The van der Waals surface area contributed by atoms with Crippen molar-refractivity contribution in [3.05, 3.63) is 186 Å². The number of H-pyrrole nitrogens is 1. The number of fused-ring (bicyclic) bond motifs is 2. The molecule has 4 aromatic carbocycles. The fraction of sp³-hybridized carbons (Fsp3) is 0.449. The molecule has 2 saturated carbocycles. The van der Waals surface area contributed by atoms with Crippen LogP contribution in [0.5, 0.6) is 0 Å². The molecule has 3 aliphatic rings. The summed E-state index contributed by atoms with van der Waals surface area (Å²) in [6, 6.07) is 26.3. The summed E-state index contributed by atoms with van der Waals surface area (Å²) in [6.07, 6.45) is 10.2. The minimum Gasteiger partial charge on any atom is -0.388 e. The number of nitrogens with zero attached hydrogens (tertiary/aromatic N) is 9. The van der Waals surface area contributed by atoms with Crippen molar-refractivity contribution >= 4 is 17.3 Å². The number of amidine groups is 1. The van der Waals surface area contributed by atoms with Crippen LogP contribution in [-0.4, -0.2) is 107 Å². The van der Waals surface area contributed by atoms with E-state index >= 15 is 8.78 Å². The molecular weight excluding hydrogens is 1220 g/mol. The molecule has 486 valence electrons. The quantitative estimate of drug-likeness (QED) is 0.0469. The number of nitrogens with one attached hydrogen (secondary N) is 2. The first-order chi connectivity index (χ1) is 44.1. The van der Waals surface area contributed by atoms with Crippen molar-refractivity contribution in [2.24, 2.45) is 4.99 Å². The standard InChI is InChI=1S/C35H40FN5O5.C34H41FN6O5.K/c1-5-8-30-28(19-23-12-11-22(20-29(23)36)26-9-6-7-10-27(26)32-38-34(43)46-39-32)33(42)40(31-17-18-37-41(30)31)24-13-15-25(16-14-24)45-21(2)35(3,4)44;1-5-8-29-27(17-22-12-11-21(18-28(22)35)25-9-6-7-10-26(25)30-38-33(43)46-39-30)31(42)40(32-36-19-37-41(29)32)23-13-15-24(16-14-23)45-20(2)34(3,4)44;/h6-7,9-12,17-18,20-21,24-25,44H,5,8,13-16,19H2,1-4H3,(H,38,39,43);6-7,9-12,18-20,23-24,33,43-44H,5,8,13-17H2,1-4H3,(H,38,39);/q;;+1. The maximum atomic E-state index is 15.9. The van der Waals surface area contributed by atoms with E-state index in [1.165, 1.54) is 18.5 Å². The molecule has 5 N–H and O–H groups in total. The van der Waals surface area contributed by atoms with Gasteiger partial charge in [0.25, 0.3) is 17.5 Å². The van der Waals surface area contributed by atoms with Gasteiger partial charge in [0.15, 0.2) is 11.7 Å². The van der Waals surface area contributed by atoms with Crippen molar-refractivity contribution in [2.75, 3.05) is 0 Å². The van der Waals surface area contributed by atoms with Crippen LogP contribution < -0.4 is 73.7 Å². The van der Waals surface area contributed by atoms with Gasteiger partial charge in [0.05, 0.1) is 53.2 Å². The van der Waals surface area contributed by atoms with E-state index in [0.29, 0.717) is 92.9 Å². The van der Waals surface area contributed by atoms with Crippen molar-refractivity contribution < 1.29 is 94.3 Å². The molecule has 93 heavy (non-hydrogen) atoms. The minimum atomic E-state index is -1.31. The van der Waals surface area contributed by atoms with E-state index in [1.54, 1.807) is 67.2 Å². The van der Waals surface area contributed by atoms with E-state index < -0.39 is 35.0 Å². The number of aliphatic hydroxyl groups excluding tert-OH is 1. The van der Waals surface area contributed by atoms with Gasteiger partial charge in [0.1, 0.15) is 23.6 Å². The predicted octanol–water partition coefficient (Wildman–Crippen LogP) is 7.31. The molecule has 0 radical (unpaired) electrons. The van der Waals surface area contributed by atoms with Gasteiger partial charge in [-0.2, -0.15) is 15.2 Å². The molecule has 12 rings (SSSR count). The number of aliphatic imine (C=N–C) groups is 1. The Morgan fingerprint density at radius 3 is 1.63 bits per heavy atom. The van der Waals surface area contributed by atoms with E-state index in [0.717, 1.165) is 68.4 Å². The molecule has 0 spiro atoms. The van der Waals surface area contributed by atoms with Crippen LogP contribution >= 0.6 is 0 Å². The molecule has 2 aliphatic carbocycles. The Balaban J connectivity index is 0.000000201. The van der Waals surface area contributed by atoms with Gasteiger partial charge in [-0.05, 0) is 151 Å². The third-order valence-electron chi connectivity index (χ3n) is 18.3. The number of hydroxylamine groups is 1. The number of ether oxygens (including phenoxy) is 2. The molecule has 1 aliphatic heterocycles. The Morgan fingerprint density at radius 2 is 1.15 bits per heavy atom. The molecule has 21 nitrogen and oxygen atoms in total. The molecular formula is C69H81F2KN11O10+. The average Bonchev–Trinajstić information content (AvgIpc) is 1.75. The third-order valence-corrected chi connectivity index (χ3v) is 18.3. The van der Waals surface area contributed by atoms with Crippen molar-refractivity contribution in [3.63, 3.8) is 0 Å². The van der Waals surface area contributed by atoms with Crippen LogP contribution in [0.15, 0.2) is 127 Å². The Kier molecular flexibility index (Phi) is 22.0. The Morgan fingerprint density at radius 1 is 0.656 bits per heavy atom. The van der Waals surface area contributed by atoms with Crippen LogP contribution in [0.2, 0.25) is 0 Å². The van der Waals surface area contributed by atoms with Gasteiger partial charge >= 0.3 is 57.1 Å². The zero-order chi connectivity index (χ0) is 65.2. The number of aromatic amines is 1. The normalized spacial score (nSPS) is 19.2. The van der Waals surface area contributed by atoms with Crippen molar-refractivity contribution in [1.29, 1.82) is 0 Å². The second kappa shape index (κ2) is 29.5. The largest absolute Gasteiger partial charge is 1.00 e. The number of hydrogen-bond donors (Lipinski definition) is 5. The molecule has 5 aromatic heterocycles. The topological polar surface area (TPSA) is 263 Å². The molecule has 24 heteroatoms. The van der Waals surface area contributed by atoms with Gasteiger partial charge in [-0.3, -0.25) is 28.2 Å². The fourth-order valence-electron chi connectivity index (χ4n) is 12.8. The van der Waals surface area contributed by atoms with E-state index in [1.807, 2.05) is 84.5 Å². The van der Waals surface area contributed by atoms with Crippen LogP contribution in [0.4, 0.5) is 8.78 Å². The molecule has 9 aromatic rings. The number of aliphatic hydroxyl groups is 3. The second-order valence-corrected chi connectivity index (χ2v) is 25.5. The van der Waals surface area contributed by atoms with E-state index in [-0.39, 0.29) is 118 Å². The number of benzene rings is 4. The maximum absolute atomic E-state index is 15.9. The van der Waals surface area contributed by atoms with Gasteiger partial charge in [-0.15, -0.1) is 0 Å². The SMILES string of the molecule is CCCc1c(Cc2ccc(-c3ccccc3-c3noc(=O)[nH]3)cc2F)c(=O)n(C2CCC(OC(C)C(C)(C)O)CC2)c2ccnn12.CCCc1c(Cc2ccc(-c3ccccc3C3=NC(O)ON3)cc2F)c(=O)n(C2CCC(OC(C)C(C)(C)O)CC2)c2ncnn12.[K+]. The number of hydrogen-bond acceptors (Lipinski definition) is 16. The van der Waals surface area contributed by atoms with Gasteiger partial charge in [-0.25, -0.2) is 37.9 Å². The number of aromatic nitrogens is 9. The first-order valence-corrected chi connectivity index (χ1v) is 31.9. The number of aryl methyl sites for hydroxylation is 2. The van der Waals surface area contributed by atoms with Crippen LogP contribution in [0.25, 0.3) is 45.1 Å². The number of rotatable bonds is 20. The summed E-state index contributed by atoms with van der Waals surface area (Å²) >= 11 is 0. The Hall–Kier alpha value is -6.68. The van der Waals surface area contributed by atoms with Crippen molar-refractivity contribution in [1.82, 2.24) is 49.0 Å². The summed E-state index contributed by atoms with van der Waals surface area (Å²) in [5.41, 5.74) is 8.47. The van der Waals surface area contributed by atoms with E-state index in [2.05, 4.69) is 47.2 Å². The summed E-state index contributed by atoms with van der Waals surface area (Å²) in [5.74, 6) is -0.434. The van der Waals surface area contributed by atoms with E-state index in [9.17, 15) is 29.7 Å². The molecule has 0 saturated heterocycles. The van der Waals surface area contributed by atoms with Crippen LogP contribution in [0.3, 0.4) is 0 Å². The second-order valence-electron chi connectivity index (χ2n) is 25.5. The number of halogens is 2. The molecule has 6 heterocycles. The monoisotopic (exact) mass is 1300 g/mol. The Labute approximate surface area is 579 Å². The summed E-state index contributed by atoms with van der Waals surface area (Å²) in [5, 5.41) is 43.2. The van der Waals surface area contributed by atoms with Crippen LogP contribution in [-0.2, 0) is 40.0 Å². The fourth-order valence-corrected chi connectivity index (χ4v) is 12.8. The Bertz CT molecular complexity index is 4320. The van der Waals surface area contributed by atoms with Gasteiger partial charge in [-0.1, -0.05) is 105 Å². The van der Waals surface area contributed by atoms with Crippen LogP contribution in [0, 0.1) is 11.6 Å². The van der Waals surface area contributed by atoms with Gasteiger partial charge in [0, 0.05) is 53.2 Å². The maximum Gasteiger partial charge on any atom is 1.00 e. The zero-order valence-corrected chi connectivity index (χ0v) is 57.4. The average molecular weight is 1300 g/mol. The molecule has 2 fully saturated rings. The van der Waals surface area contributed by atoms with Crippen LogP contribution in [0.1, 0.15) is 171 Å². The minimum absolute atomic E-state index is 0. The van der Waals surface area contributed by atoms with Gasteiger partial charge < -0.3 is 24.8 Å². The molecule has 0 amide bonds. The zero-order valence-electron chi connectivity index (χ0n) is 54.2. The van der Waals surface area contributed by atoms with Crippen molar-refractivity contribution in [3.8, 4) is 33.6 Å². The summed E-state index contributed by atoms with van der Waals surface area (Å²) < 4.78 is 56.0. The van der Waals surface area contributed by atoms with Gasteiger partial charge in [0.2, 0.25) is 5.78 Å². The smallest absolute Gasteiger partial charge is 0.388 e. The molecule has 0 bridgehead atoms. The summed E-state index contributed by atoms with van der Waals surface area (Å²) in [4.78, 5) is 56.3. The summed E-state index contributed by atoms with van der Waals surface area (Å²) in [7, 11) is 0. The molecule has 3 unspecified atom stereocenters. The first-order valence-electron chi connectivity index (χ1n) is 31.9. The third kappa shape index (κ3) is 15.2. The van der Waals surface area contributed by atoms with Crippen molar-refractivity contribution in [2.45, 2.75) is 199 Å². The predicted molar refractivity (Wildman–Crippen MR) is 343 cm³/mol.